The van der Waals surface area contributed by atoms with Crippen molar-refractivity contribution in [2.45, 2.75) is 4.90 Å². The van der Waals surface area contributed by atoms with Crippen LogP contribution >= 0.6 is 15.9 Å². The van der Waals surface area contributed by atoms with Crippen molar-refractivity contribution < 1.29 is 12.8 Å². The van der Waals surface area contributed by atoms with Crippen LogP contribution in [0.4, 0.5) is 4.39 Å². The average molecular weight is 239 g/mol. The van der Waals surface area contributed by atoms with Crippen LogP contribution in [0.3, 0.4) is 0 Å². The van der Waals surface area contributed by atoms with Crippen LogP contribution in [0.15, 0.2) is 27.6 Å². The van der Waals surface area contributed by atoms with Crippen molar-refractivity contribution in [3.63, 3.8) is 0 Å². The predicted molar refractivity (Wildman–Crippen MR) is 42.7 cm³/mol. The van der Waals surface area contributed by atoms with Gasteiger partial charge in [0.05, 0.1) is 9.37 Å². The molecule has 0 saturated carbocycles. The summed E-state index contributed by atoms with van der Waals surface area (Å²) in [5.41, 5.74) is 0. The molecule has 11 heavy (non-hydrogen) atoms. The highest BCUT2D eigenvalue weighted by Crippen LogP contribution is 2.20. The summed E-state index contributed by atoms with van der Waals surface area (Å²) < 4.78 is 33.5. The number of rotatable bonds is 1. The molecule has 0 aliphatic carbocycles. The number of benzene rings is 1. The van der Waals surface area contributed by atoms with Crippen molar-refractivity contribution in [2.24, 2.45) is 0 Å². The number of hydrogen-bond acceptors (Lipinski definition) is 2. The molecule has 1 rings (SSSR count). The SMILES string of the molecule is O=[SH](=O)c1cccc(F)c1Br. The largest absolute Gasteiger partial charge is 0.227 e. The molecule has 0 N–H and O–H groups in total. The molecule has 1 aromatic rings. The van der Waals surface area contributed by atoms with Crippen molar-refractivity contribution in [3.05, 3.63) is 28.5 Å². The van der Waals surface area contributed by atoms with E-state index in [4.69, 9.17) is 0 Å². The molecule has 0 radical (unpaired) electrons. The molecule has 1 aromatic carbocycles. The Morgan fingerprint density at radius 1 is 1.36 bits per heavy atom. The molecule has 60 valence electrons. The zero-order valence-corrected chi connectivity index (χ0v) is 7.73. The van der Waals surface area contributed by atoms with Crippen molar-refractivity contribution in [3.8, 4) is 0 Å². The number of hydrogen-bond donors (Lipinski definition) is 1. The molecule has 0 unspecified atom stereocenters. The van der Waals surface area contributed by atoms with Gasteiger partial charge in [0.2, 0.25) is 0 Å². The summed E-state index contributed by atoms with van der Waals surface area (Å²) in [5, 5.41) is 0. The van der Waals surface area contributed by atoms with E-state index in [-0.39, 0.29) is 9.37 Å². The molecule has 2 nitrogen and oxygen atoms in total. The van der Waals surface area contributed by atoms with Crippen molar-refractivity contribution in [1.29, 1.82) is 0 Å². The molecule has 0 saturated heterocycles. The van der Waals surface area contributed by atoms with Gasteiger partial charge in [0, 0.05) is 0 Å². The van der Waals surface area contributed by atoms with Crippen LogP contribution in [0.5, 0.6) is 0 Å². The van der Waals surface area contributed by atoms with Gasteiger partial charge in [-0.2, -0.15) is 0 Å². The summed E-state index contributed by atoms with van der Waals surface area (Å²) in [6.45, 7) is 0. The van der Waals surface area contributed by atoms with Crippen LogP contribution < -0.4 is 0 Å². The Hall–Kier alpha value is -0.420. The smallest absolute Gasteiger partial charge is 0.169 e. The summed E-state index contributed by atoms with van der Waals surface area (Å²) >= 11 is 2.82. The van der Waals surface area contributed by atoms with Crippen LogP contribution in [-0.2, 0) is 10.7 Å². The van der Waals surface area contributed by atoms with Crippen LogP contribution in [-0.4, -0.2) is 8.42 Å². The molecule has 0 aromatic heterocycles. The van der Waals surface area contributed by atoms with E-state index >= 15 is 0 Å². The Morgan fingerprint density at radius 2 is 2.00 bits per heavy atom. The first-order valence-electron chi connectivity index (χ1n) is 2.71. The second-order valence-corrected chi connectivity index (χ2v) is 3.62. The van der Waals surface area contributed by atoms with Gasteiger partial charge in [0.15, 0.2) is 10.7 Å². The molecule has 0 atom stereocenters. The van der Waals surface area contributed by atoms with Gasteiger partial charge in [-0.25, -0.2) is 12.8 Å². The topological polar surface area (TPSA) is 34.1 Å². The predicted octanol–water partition coefficient (Wildman–Crippen LogP) is 1.56. The minimum Gasteiger partial charge on any atom is -0.227 e. The second-order valence-electron chi connectivity index (χ2n) is 1.83. The van der Waals surface area contributed by atoms with E-state index in [2.05, 4.69) is 15.9 Å². The molecule has 0 fully saturated rings. The highest BCUT2D eigenvalue weighted by molar-refractivity contribution is 9.10. The molecule has 5 heteroatoms. The Morgan fingerprint density at radius 3 is 2.45 bits per heavy atom. The number of halogens is 2. The maximum absolute atomic E-state index is 12.6. The third-order valence-corrected chi connectivity index (χ3v) is 3.01. The minimum absolute atomic E-state index is 0.00360. The maximum Gasteiger partial charge on any atom is 0.169 e. The molecular weight excluding hydrogens is 235 g/mol. The zero-order valence-electron chi connectivity index (χ0n) is 5.25. The fraction of sp³-hybridized carbons (Fsp3) is 0. The molecule has 0 spiro atoms. The van der Waals surface area contributed by atoms with Gasteiger partial charge in [-0.1, -0.05) is 6.07 Å². The van der Waals surface area contributed by atoms with Crippen LogP contribution in [0.1, 0.15) is 0 Å². The van der Waals surface area contributed by atoms with Crippen molar-refractivity contribution in [2.75, 3.05) is 0 Å². The standard InChI is InChI=1S/C6H4BrFO2S/c7-6-4(8)2-1-3-5(6)11(9)10/h1-3,11H. The van der Waals surface area contributed by atoms with E-state index < -0.39 is 16.5 Å². The quantitative estimate of drug-likeness (QED) is 0.754. The lowest BCUT2D eigenvalue weighted by Crippen LogP contribution is -1.85. The minimum atomic E-state index is -2.72. The Kier molecular flexibility index (Phi) is 2.62. The van der Waals surface area contributed by atoms with E-state index in [0.717, 1.165) is 0 Å². The Balaban J connectivity index is 3.39. The number of thiol groups is 1. The highest BCUT2D eigenvalue weighted by atomic mass is 79.9. The lowest BCUT2D eigenvalue weighted by Gasteiger charge is -1.95. The lowest BCUT2D eigenvalue weighted by molar-refractivity contribution is 0.601. The second kappa shape index (κ2) is 3.32. The summed E-state index contributed by atoms with van der Waals surface area (Å²) in [6, 6.07) is 3.87. The van der Waals surface area contributed by atoms with E-state index in [1.165, 1.54) is 18.2 Å². The summed E-state index contributed by atoms with van der Waals surface area (Å²) in [4.78, 5) is -0.0278. The van der Waals surface area contributed by atoms with Gasteiger partial charge in [0.25, 0.3) is 0 Å². The fourth-order valence-corrected chi connectivity index (χ4v) is 1.81. The van der Waals surface area contributed by atoms with Gasteiger partial charge in [-0.3, -0.25) is 0 Å². The maximum atomic E-state index is 12.6. The first-order chi connectivity index (χ1) is 5.13. The molecule has 0 aliphatic rings. The summed E-state index contributed by atoms with van der Waals surface area (Å²) in [7, 11) is -2.72. The first-order valence-corrected chi connectivity index (χ1v) is 4.68. The third-order valence-electron chi connectivity index (χ3n) is 1.13. The average Bonchev–Trinajstić information content (AvgIpc) is 1.94. The zero-order chi connectivity index (χ0) is 8.43. The third kappa shape index (κ3) is 1.78. The summed E-state index contributed by atoms with van der Waals surface area (Å²) in [5.74, 6) is -0.568. The molecule has 0 aliphatic heterocycles. The molecule has 0 bridgehead atoms. The highest BCUT2D eigenvalue weighted by Gasteiger charge is 2.05. The van der Waals surface area contributed by atoms with E-state index in [9.17, 15) is 12.8 Å². The molecule has 0 heterocycles. The normalized spacial score (nSPS) is 10.5. The monoisotopic (exact) mass is 238 g/mol. The van der Waals surface area contributed by atoms with Gasteiger partial charge >= 0.3 is 0 Å². The van der Waals surface area contributed by atoms with Crippen molar-refractivity contribution >= 4 is 26.6 Å². The van der Waals surface area contributed by atoms with Crippen molar-refractivity contribution in [1.82, 2.24) is 0 Å². The summed E-state index contributed by atoms with van der Waals surface area (Å²) in [6.07, 6.45) is 0. The first kappa shape index (κ1) is 8.67. The molecule has 0 amide bonds. The Labute approximate surface area is 73.1 Å². The van der Waals surface area contributed by atoms with Gasteiger partial charge in [-0.05, 0) is 28.1 Å². The van der Waals surface area contributed by atoms with Crippen LogP contribution in [0, 0.1) is 5.82 Å². The van der Waals surface area contributed by atoms with E-state index in [1.54, 1.807) is 0 Å². The van der Waals surface area contributed by atoms with E-state index in [0.29, 0.717) is 0 Å². The van der Waals surface area contributed by atoms with Crippen LogP contribution in [0.2, 0.25) is 0 Å². The van der Waals surface area contributed by atoms with Crippen LogP contribution in [0.25, 0.3) is 0 Å². The lowest BCUT2D eigenvalue weighted by atomic mass is 10.3. The van der Waals surface area contributed by atoms with Gasteiger partial charge < -0.3 is 0 Å². The Bertz CT molecular complexity index is 340. The van der Waals surface area contributed by atoms with E-state index in [1.807, 2.05) is 0 Å². The fourth-order valence-electron chi connectivity index (χ4n) is 0.633. The molecular formula is C6H4BrFO2S. The van der Waals surface area contributed by atoms with Gasteiger partial charge in [0.1, 0.15) is 5.82 Å². The van der Waals surface area contributed by atoms with Gasteiger partial charge in [-0.15, -0.1) is 0 Å².